The summed E-state index contributed by atoms with van der Waals surface area (Å²) in [6.07, 6.45) is -0.286. The molecular formula is C24H23ClN2O4S. The number of sulfonamides is 1. The Morgan fingerprint density at radius 3 is 2.56 bits per heavy atom. The molecule has 0 fully saturated rings. The van der Waals surface area contributed by atoms with E-state index in [1.54, 1.807) is 36.4 Å². The van der Waals surface area contributed by atoms with Gasteiger partial charge in [-0.3, -0.25) is 9.10 Å². The molecule has 166 valence electrons. The van der Waals surface area contributed by atoms with Crippen LogP contribution in [0.3, 0.4) is 0 Å². The smallest absolute Gasteiger partial charge is 0.267 e. The van der Waals surface area contributed by atoms with E-state index in [9.17, 15) is 13.2 Å². The number of aryl methyl sites for hydroxylation is 2. The molecule has 0 spiro atoms. The molecule has 8 heteroatoms. The van der Waals surface area contributed by atoms with Gasteiger partial charge in [-0.15, -0.1) is 0 Å². The normalized spacial score (nSPS) is 15.6. The summed E-state index contributed by atoms with van der Waals surface area (Å²) in [5.41, 5.74) is 2.91. The average molecular weight is 471 g/mol. The zero-order valence-corrected chi connectivity index (χ0v) is 19.3. The Balaban J connectivity index is 1.70. The maximum absolute atomic E-state index is 13.5. The van der Waals surface area contributed by atoms with Crippen LogP contribution >= 0.6 is 11.6 Å². The number of para-hydroxylation sites is 1. The van der Waals surface area contributed by atoms with E-state index in [4.69, 9.17) is 16.3 Å². The fourth-order valence-corrected chi connectivity index (χ4v) is 5.22. The number of ether oxygens (including phenoxy) is 1. The first-order chi connectivity index (χ1) is 15.3. The molecule has 1 N–H and O–H groups in total. The van der Waals surface area contributed by atoms with E-state index < -0.39 is 22.0 Å². The highest BCUT2D eigenvalue weighted by molar-refractivity contribution is 7.92. The Bertz CT molecular complexity index is 1260. The third-order valence-corrected chi connectivity index (χ3v) is 7.38. The van der Waals surface area contributed by atoms with Gasteiger partial charge in [-0.1, -0.05) is 54.4 Å². The molecule has 0 saturated carbocycles. The van der Waals surface area contributed by atoms with Crippen molar-refractivity contribution in [1.29, 1.82) is 0 Å². The molecule has 1 aliphatic rings. The van der Waals surface area contributed by atoms with Crippen molar-refractivity contribution in [3.8, 4) is 5.75 Å². The van der Waals surface area contributed by atoms with Crippen molar-refractivity contribution in [2.75, 3.05) is 16.2 Å². The van der Waals surface area contributed by atoms with E-state index >= 15 is 0 Å². The number of hydrogen-bond donors (Lipinski definition) is 1. The van der Waals surface area contributed by atoms with Crippen LogP contribution < -0.4 is 14.4 Å². The van der Waals surface area contributed by atoms with E-state index in [1.165, 1.54) is 10.4 Å². The van der Waals surface area contributed by atoms with Crippen LogP contribution in [0.5, 0.6) is 5.75 Å². The van der Waals surface area contributed by atoms with E-state index in [-0.39, 0.29) is 17.2 Å². The minimum atomic E-state index is -3.95. The van der Waals surface area contributed by atoms with Gasteiger partial charge in [-0.25, -0.2) is 8.42 Å². The van der Waals surface area contributed by atoms with Gasteiger partial charge in [0.05, 0.1) is 17.1 Å². The highest BCUT2D eigenvalue weighted by Crippen LogP contribution is 2.39. The predicted octanol–water partition coefficient (Wildman–Crippen LogP) is 4.81. The predicted molar refractivity (Wildman–Crippen MR) is 126 cm³/mol. The van der Waals surface area contributed by atoms with Crippen LogP contribution in [0, 0.1) is 6.92 Å². The molecule has 3 aromatic rings. The highest BCUT2D eigenvalue weighted by atomic mass is 35.5. The van der Waals surface area contributed by atoms with E-state index in [1.807, 2.05) is 38.1 Å². The maximum atomic E-state index is 13.5. The lowest BCUT2D eigenvalue weighted by Gasteiger charge is -2.35. The lowest BCUT2D eigenvalue weighted by Crippen LogP contribution is -2.48. The number of benzene rings is 3. The fraction of sp³-hybridized carbons (Fsp3) is 0.208. The summed E-state index contributed by atoms with van der Waals surface area (Å²) >= 11 is 6.14. The number of amides is 1. The number of carbonyl (C=O) groups excluding carboxylic acids is 1. The number of nitrogens with one attached hydrogen (secondary N) is 1. The molecule has 1 amide bonds. The molecule has 0 bridgehead atoms. The monoisotopic (exact) mass is 470 g/mol. The van der Waals surface area contributed by atoms with Gasteiger partial charge in [0.1, 0.15) is 5.75 Å². The zero-order valence-electron chi connectivity index (χ0n) is 17.7. The second kappa shape index (κ2) is 8.84. The first-order valence-corrected chi connectivity index (χ1v) is 12.1. The van der Waals surface area contributed by atoms with Crippen molar-refractivity contribution >= 4 is 38.9 Å². The minimum absolute atomic E-state index is 0.131. The number of anilines is 2. The Kier molecular flexibility index (Phi) is 6.13. The van der Waals surface area contributed by atoms with E-state index in [2.05, 4.69) is 5.32 Å². The standard InChI is InChI=1S/C24H23ClN2O4S/c1-3-17-6-4-5-7-20(17)26-24(28)23-15-27(21-14-18(25)10-13-22(21)31-23)32(29,30)19-11-8-16(2)9-12-19/h4-14,23H,3,15H2,1-2H3,(H,26,28)/t23-/m0/s1. The molecule has 6 nitrogen and oxygen atoms in total. The average Bonchev–Trinajstić information content (AvgIpc) is 2.79. The molecule has 0 saturated heterocycles. The number of halogens is 1. The Morgan fingerprint density at radius 1 is 1.12 bits per heavy atom. The Morgan fingerprint density at radius 2 is 1.84 bits per heavy atom. The van der Waals surface area contributed by atoms with Crippen LogP contribution in [0.2, 0.25) is 5.02 Å². The molecule has 1 aliphatic heterocycles. The number of fused-ring (bicyclic) bond motifs is 1. The number of carbonyl (C=O) groups is 1. The molecular weight excluding hydrogens is 448 g/mol. The first kappa shape index (κ1) is 22.2. The highest BCUT2D eigenvalue weighted by Gasteiger charge is 2.38. The van der Waals surface area contributed by atoms with Crippen LogP contribution in [0.25, 0.3) is 0 Å². The molecule has 0 unspecified atom stereocenters. The Hall–Kier alpha value is -3.03. The molecule has 0 aliphatic carbocycles. The number of rotatable bonds is 5. The van der Waals surface area contributed by atoms with Gasteiger partial charge in [0.15, 0.2) is 6.10 Å². The molecule has 32 heavy (non-hydrogen) atoms. The Labute approximate surface area is 192 Å². The summed E-state index contributed by atoms with van der Waals surface area (Å²) in [6.45, 7) is 3.70. The topological polar surface area (TPSA) is 75.7 Å². The van der Waals surface area contributed by atoms with Crippen molar-refractivity contribution < 1.29 is 17.9 Å². The largest absolute Gasteiger partial charge is 0.476 e. The number of hydrogen-bond acceptors (Lipinski definition) is 4. The molecule has 0 radical (unpaired) electrons. The van der Waals surface area contributed by atoms with Crippen molar-refractivity contribution in [3.05, 3.63) is 82.9 Å². The maximum Gasteiger partial charge on any atom is 0.267 e. The summed E-state index contributed by atoms with van der Waals surface area (Å²) < 4.78 is 34.1. The fourth-order valence-electron chi connectivity index (χ4n) is 3.59. The molecule has 1 atom stereocenters. The van der Waals surface area contributed by atoms with E-state index in [0.29, 0.717) is 16.4 Å². The molecule has 0 aromatic heterocycles. The SMILES string of the molecule is CCc1ccccc1NC(=O)[C@@H]1CN(S(=O)(=O)c2ccc(C)cc2)c2cc(Cl)ccc2O1. The second-order valence-electron chi connectivity index (χ2n) is 7.57. The van der Waals surface area contributed by atoms with Gasteiger partial charge >= 0.3 is 0 Å². The minimum Gasteiger partial charge on any atom is -0.476 e. The van der Waals surface area contributed by atoms with Crippen LogP contribution in [0.1, 0.15) is 18.1 Å². The van der Waals surface area contributed by atoms with Gasteiger partial charge in [0.2, 0.25) is 0 Å². The van der Waals surface area contributed by atoms with Gasteiger partial charge in [0.25, 0.3) is 15.9 Å². The van der Waals surface area contributed by atoms with Crippen LogP contribution in [0.15, 0.2) is 71.6 Å². The second-order valence-corrected chi connectivity index (χ2v) is 9.87. The summed E-state index contributed by atoms with van der Waals surface area (Å²) in [7, 11) is -3.95. The van der Waals surface area contributed by atoms with Crippen molar-refractivity contribution in [1.82, 2.24) is 0 Å². The third kappa shape index (κ3) is 4.31. The van der Waals surface area contributed by atoms with Gasteiger partial charge < -0.3 is 10.1 Å². The summed E-state index contributed by atoms with van der Waals surface area (Å²) in [5, 5.41) is 3.25. The van der Waals surface area contributed by atoms with Gasteiger partial charge in [0, 0.05) is 10.7 Å². The zero-order chi connectivity index (χ0) is 22.9. The quantitative estimate of drug-likeness (QED) is 0.580. The number of nitrogens with zero attached hydrogens (tertiary/aromatic N) is 1. The first-order valence-electron chi connectivity index (χ1n) is 10.2. The van der Waals surface area contributed by atoms with Crippen molar-refractivity contribution in [3.63, 3.8) is 0 Å². The molecule has 3 aromatic carbocycles. The van der Waals surface area contributed by atoms with Gasteiger partial charge in [-0.2, -0.15) is 0 Å². The lowest BCUT2D eigenvalue weighted by atomic mass is 10.1. The van der Waals surface area contributed by atoms with Crippen LogP contribution in [-0.2, 0) is 21.2 Å². The lowest BCUT2D eigenvalue weighted by molar-refractivity contribution is -0.122. The van der Waals surface area contributed by atoms with Crippen molar-refractivity contribution in [2.24, 2.45) is 0 Å². The van der Waals surface area contributed by atoms with Crippen LogP contribution in [0.4, 0.5) is 11.4 Å². The third-order valence-electron chi connectivity index (χ3n) is 5.35. The van der Waals surface area contributed by atoms with Crippen LogP contribution in [-0.4, -0.2) is 27.0 Å². The molecule has 1 heterocycles. The van der Waals surface area contributed by atoms with E-state index in [0.717, 1.165) is 17.5 Å². The summed E-state index contributed by atoms with van der Waals surface area (Å²) in [4.78, 5) is 13.2. The van der Waals surface area contributed by atoms with Crippen molar-refractivity contribution in [2.45, 2.75) is 31.3 Å². The summed E-state index contributed by atoms with van der Waals surface area (Å²) in [6, 6.07) is 18.8. The van der Waals surface area contributed by atoms with Gasteiger partial charge in [-0.05, 0) is 55.3 Å². The summed E-state index contributed by atoms with van der Waals surface area (Å²) in [5.74, 6) is -0.143. The molecule has 4 rings (SSSR count).